The minimum Gasteiger partial charge on any atom is -0.298 e. The zero-order valence-electron chi connectivity index (χ0n) is 16.2. The van der Waals surface area contributed by atoms with Gasteiger partial charge in [0, 0.05) is 10.9 Å². The topological polar surface area (TPSA) is 88.2 Å². The lowest BCUT2D eigenvalue weighted by Gasteiger charge is -2.12. The first-order valence-corrected chi connectivity index (χ1v) is 12.3. The number of carbonyl (C=O) groups is 1. The predicted molar refractivity (Wildman–Crippen MR) is 129 cm³/mol. The van der Waals surface area contributed by atoms with Crippen LogP contribution in [0.4, 0.5) is 10.8 Å². The van der Waals surface area contributed by atoms with E-state index in [2.05, 4.69) is 15.0 Å². The number of hydrogen-bond acceptors (Lipinski definition) is 5. The van der Waals surface area contributed by atoms with Crippen molar-refractivity contribution in [2.24, 2.45) is 0 Å². The van der Waals surface area contributed by atoms with E-state index in [0.717, 1.165) is 5.56 Å². The lowest BCUT2D eigenvalue weighted by molar-refractivity contribution is 0.102. The summed E-state index contributed by atoms with van der Waals surface area (Å²) in [5.41, 5.74) is 1.71. The maximum atomic E-state index is 12.9. The molecule has 4 aromatic rings. The number of rotatable bonds is 6. The summed E-state index contributed by atoms with van der Waals surface area (Å²) in [7, 11) is -3.85. The van der Waals surface area contributed by atoms with E-state index in [9.17, 15) is 13.2 Å². The zero-order chi connectivity index (χ0) is 22.7. The average Bonchev–Trinajstić information content (AvgIpc) is 3.25. The summed E-state index contributed by atoms with van der Waals surface area (Å²) in [6.07, 6.45) is 0. The Bertz CT molecular complexity index is 1390. The Balaban J connectivity index is 1.55. The Morgan fingerprint density at radius 1 is 0.906 bits per heavy atom. The van der Waals surface area contributed by atoms with Gasteiger partial charge in [-0.3, -0.25) is 14.8 Å². The monoisotopic (exact) mass is 503 g/mol. The largest absolute Gasteiger partial charge is 0.298 e. The fraction of sp³-hybridized carbons (Fsp3) is 0. The van der Waals surface area contributed by atoms with Gasteiger partial charge in [-0.15, -0.1) is 11.3 Å². The van der Waals surface area contributed by atoms with Crippen molar-refractivity contribution in [3.63, 3.8) is 0 Å². The maximum Gasteiger partial charge on any atom is 0.261 e. The molecule has 0 bridgehead atoms. The smallest absolute Gasteiger partial charge is 0.261 e. The van der Waals surface area contributed by atoms with Gasteiger partial charge in [0.05, 0.1) is 31.9 Å². The summed E-state index contributed by atoms with van der Waals surface area (Å²) < 4.78 is 27.8. The highest BCUT2D eigenvalue weighted by molar-refractivity contribution is 7.92. The first-order chi connectivity index (χ1) is 15.3. The molecule has 1 amide bonds. The van der Waals surface area contributed by atoms with E-state index in [1.165, 1.54) is 35.6 Å². The quantitative estimate of drug-likeness (QED) is 0.329. The molecule has 6 nitrogen and oxygen atoms in total. The number of benzene rings is 3. The number of para-hydroxylation sites is 1. The molecule has 0 aliphatic heterocycles. The van der Waals surface area contributed by atoms with Gasteiger partial charge in [-0.2, -0.15) is 0 Å². The summed E-state index contributed by atoms with van der Waals surface area (Å²) in [4.78, 5) is 17.4. The van der Waals surface area contributed by atoms with Crippen molar-refractivity contribution in [1.82, 2.24) is 4.98 Å². The van der Waals surface area contributed by atoms with Crippen molar-refractivity contribution in [2.45, 2.75) is 4.90 Å². The number of sulfonamides is 1. The van der Waals surface area contributed by atoms with Gasteiger partial charge in [0.25, 0.3) is 15.9 Å². The molecule has 0 spiro atoms. The fourth-order valence-electron chi connectivity index (χ4n) is 2.86. The van der Waals surface area contributed by atoms with Gasteiger partial charge in [0.15, 0.2) is 5.13 Å². The van der Waals surface area contributed by atoms with Crippen molar-refractivity contribution in [2.75, 3.05) is 10.0 Å². The summed E-state index contributed by atoms with van der Waals surface area (Å²) >= 11 is 13.3. The highest BCUT2D eigenvalue weighted by atomic mass is 35.5. The van der Waals surface area contributed by atoms with Crippen LogP contribution in [0.1, 0.15) is 10.4 Å². The van der Waals surface area contributed by atoms with Crippen molar-refractivity contribution in [3.05, 3.63) is 93.8 Å². The molecule has 32 heavy (non-hydrogen) atoms. The third-order valence-electron chi connectivity index (χ3n) is 4.41. The average molecular weight is 504 g/mol. The lowest BCUT2D eigenvalue weighted by atomic mass is 10.2. The second-order valence-electron chi connectivity index (χ2n) is 6.59. The molecule has 0 atom stereocenters. The highest BCUT2D eigenvalue weighted by Crippen LogP contribution is 2.31. The van der Waals surface area contributed by atoms with Crippen LogP contribution in [0.3, 0.4) is 0 Å². The van der Waals surface area contributed by atoms with Gasteiger partial charge in [-0.05, 0) is 36.4 Å². The molecule has 4 rings (SSSR count). The van der Waals surface area contributed by atoms with E-state index in [1.807, 2.05) is 0 Å². The van der Waals surface area contributed by atoms with Crippen molar-refractivity contribution in [3.8, 4) is 11.3 Å². The van der Waals surface area contributed by atoms with Crippen LogP contribution in [0.15, 0.2) is 83.1 Å². The Kier molecular flexibility index (Phi) is 6.48. The number of nitrogens with zero attached hydrogens (tertiary/aromatic N) is 1. The van der Waals surface area contributed by atoms with Crippen LogP contribution in [0.5, 0.6) is 0 Å². The molecule has 0 fully saturated rings. The van der Waals surface area contributed by atoms with E-state index in [4.69, 9.17) is 23.2 Å². The van der Waals surface area contributed by atoms with Gasteiger partial charge in [0.1, 0.15) is 0 Å². The van der Waals surface area contributed by atoms with Crippen LogP contribution in [0.2, 0.25) is 10.0 Å². The van der Waals surface area contributed by atoms with Crippen molar-refractivity contribution in [1.29, 1.82) is 0 Å². The number of carbonyl (C=O) groups excluding carboxylic acids is 1. The Labute approximate surface area is 198 Å². The highest BCUT2D eigenvalue weighted by Gasteiger charge is 2.19. The van der Waals surface area contributed by atoms with Crippen LogP contribution < -0.4 is 10.0 Å². The van der Waals surface area contributed by atoms with E-state index < -0.39 is 15.9 Å². The molecule has 0 aliphatic rings. The summed E-state index contributed by atoms with van der Waals surface area (Å²) in [6, 6.07) is 19.4. The molecule has 162 valence electrons. The van der Waals surface area contributed by atoms with Crippen LogP contribution >= 0.6 is 34.5 Å². The molecule has 0 saturated carbocycles. The minimum absolute atomic E-state index is 0.0985. The first-order valence-electron chi connectivity index (χ1n) is 9.23. The number of anilines is 2. The molecule has 0 saturated heterocycles. The van der Waals surface area contributed by atoms with Crippen LogP contribution in [-0.2, 0) is 10.0 Å². The number of amides is 1. The Morgan fingerprint density at radius 3 is 2.38 bits per heavy atom. The maximum absolute atomic E-state index is 12.9. The Hall–Kier alpha value is -2.91. The molecule has 1 heterocycles. The normalized spacial score (nSPS) is 11.2. The molecule has 0 aliphatic carbocycles. The van der Waals surface area contributed by atoms with Gasteiger partial charge >= 0.3 is 0 Å². The van der Waals surface area contributed by atoms with Crippen LogP contribution in [0, 0.1) is 0 Å². The van der Waals surface area contributed by atoms with E-state index in [-0.39, 0.29) is 16.1 Å². The van der Waals surface area contributed by atoms with E-state index >= 15 is 0 Å². The van der Waals surface area contributed by atoms with Gasteiger partial charge in [-0.25, -0.2) is 13.4 Å². The standard InChI is InChI=1S/C22H15Cl2N3O3S2/c23-17-11-10-14(12-18(17)24)20-13-31-22(25-20)26-21(28)16-8-4-5-9-19(16)27-32(29,30)15-6-2-1-3-7-15/h1-13,27H,(H,25,26,28). The van der Waals surface area contributed by atoms with Crippen LogP contribution in [-0.4, -0.2) is 19.3 Å². The van der Waals surface area contributed by atoms with Crippen molar-refractivity contribution >= 4 is 61.3 Å². The van der Waals surface area contributed by atoms with E-state index in [1.54, 1.807) is 53.9 Å². The summed E-state index contributed by atoms with van der Waals surface area (Å²) in [5, 5.41) is 5.69. The molecule has 10 heteroatoms. The molecular weight excluding hydrogens is 489 g/mol. The summed E-state index contributed by atoms with van der Waals surface area (Å²) in [6.45, 7) is 0. The lowest BCUT2D eigenvalue weighted by Crippen LogP contribution is -2.18. The molecule has 2 N–H and O–H groups in total. The number of hydrogen-bond donors (Lipinski definition) is 2. The molecule has 3 aromatic carbocycles. The number of thiazole rings is 1. The molecule has 0 unspecified atom stereocenters. The number of halogens is 2. The number of aromatic nitrogens is 1. The van der Waals surface area contributed by atoms with Crippen LogP contribution in [0.25, 0.3) is 11.3 Å². The SMILES string of the molecule is O=C(Nc1nc(-c2ccc(Cl)c(Cl)c2)cs1)c1ccccc1NS(=O)(=O)c1ccccc1. The van der Waals surface area contributed by atoms with Gasteiger partial charge < -0.3 is 0 Å². The zero-order valence-corrected chi connectivity index (χ0v) is 19.4. The Morgan fingerprint density at radius 2 is 1.62 bits per heavy atom. The third kappa shape index (κ3) is 4.94. The summed E-state index contributed by atoms with van der Waals surface area (Å²) in [5.74, 6) is -0.494. The molecular formula is C22H15Cl2N3O3S2. The predicted octanol–water partition coefficient (Wildman–Crippen LogP) is 6.17. The number of nitrogens with one attached hydrogen (secondary N) is 2. The second-order valence-corrected chi connectivity index (χ2v) is 9.94. The van der Waals surface area contributed by atoms with Gasteiger partial charge in [-0.1, -0.05) is 59.6 Å². The second kappa shape index (κ2) is 9.30. The molecule has 0 radical (unpaired) electrons. The minimum atomic E-state index is -3.85. The molecule has 1 aromatic heterocycles. The van der Waals surface area contributed by atoms with Gasteiger partial charge in [0.2, 0.25) is 0 Å². The van der Waals surface area contributed by atoms with E-state index in [0.29, 0.717) is 20.9 Å². The first kappa shape index (κ1) is 22.3. The third-order valence-corrected chi connectivity index (χ3v) is 7.29. The van der Waals surface area contributed by atoms with Crippen molar-refractivity contribution < 1.29 is 13.2 Å². The fourth-order valence-corrected chi connectivity index (χ4v) is 4.97.